The fourth-order valence-corrected chi connectivity index (χ4v) is 3.18. The normalized spacial score (nSPS) is 12.7. The largest absolute Gasteiger partial charge is 0.480 e. The summed E-state index contributed by atoms with van der Waals surface area (Å²) in [6, 6.07) is 21.1. The van der Waals surface area contributed by atoms with Crippen LogP contribution in [-0.2, 0) is 9.63 Å². The molecule has 0 N–H and O–H groups in total. The van der Waals surface area contributed by atoms with Gasteiger partial charge in [0.05, 0.1) is 16.1 Å². The van der Waals surface area contributed by atoms with Gasteiger partial charge >= 0.3 is 5.97 Å². The molecule has 0 fully saturated rings. The summed E-state index contributed by atoms with van der Waals surface area (Å²) in [5.41, 5.74) is 2.26. The van der Waals surface area contributed by atoms with Crippen LogP contribution in [0.2, 0.25) is 5.02 Å². The molecule has 29 heavy (non-hydrogen) atoms. The van der Waals surface area contributed by atoms with Crippen molar-refractivity contribution in [2.45, 2.75) is 0 Å². The fraction of sp³-hybridized carbons (Fsp3) is 0.0455. The van der Waals surface area contributed by atoms with E-state index in [-0.39, 0.29) is 16.9 Å². The first-order valence-corrected chi connectivity index (χ1v) is 9.09. The molecule has 0 atom stereocenters. The Morgan fingerprint density at radius 2 is 1.45 bits per heavy atom. The highest BCUT2D eigenvalue weighted by atomic mass is 35.5. The lowest BCUT2D eigenvalue weighted by Gasteiger charge is -2.13. The fourth-order valence-electron chi connectivity index (χ4n) is 2.94. The zero-order valence-corrected chi connectivity index (χ0v) is 15.8. The number of nitrogens with zero attached hydrogens (tertiary/aromatic N) is 1. The van der Waals surface area contributed by atoms with Crippen molar-refractivity contribution in [1.82, 2.24) is 5.06 Å². The van der Waals surface area contributed by atoms with Crippen LogP contribution in [0.5, 0.6) is 5.75 Å². The Bertz CT molecular complexity index is 1080. The first kappa shape index (κ1) is 18.7. The first-order chi connectivity index (χ1) is 14.0. The number of amides is 2. The second kappa shape index (κ2) is 7.77. The van der Waals surface area contributed by atoms with Crippen molar-refractivity contribution in [2.24, 2.45) is 0 Å². The Labute approximate surface area is 171 Å². The van der Waals surface area contributed by atoms with Crippen LogP contribution in [0.1, 0.15) is 20.7 Å². The molecular weight excluding hydrogens is 394 g/mol. The lowest BCUT2D eigenvalue weighted by molar-refractivity contribution is -0.170. The molecule has 0 unspecified atom stereocenters. The molecular formula is C22H14ClNO5. The monoisotopic (exact) mass is 407 g/mol. The molecule has 1 heterocycles. The third-order valence-corrected chi connectivity index (χ3v) is 4.63. The van der Waals surface area contributed by atoms with E-state index >= 15 is 0 Å². The second-order valence-electron chi connectivity index (χ2n) is 6.21. The van der Waals surface area contributed by atoms with Crippen LogP contribution in [0.4, 0.5) is 0 Å². The molecule has 3 aromatic rings. The number of carbonyl (C=O) groups excluding carboxylic acids is 3. The Morgan fingerprint density at radius 3 is 2.07 bits per heavy atom. The number of ether oxygens (including phenoxy) is 1. The Kier molecular flexibility index (Phi) is 5.01. The predicted molar refractivity (Wildman–Crippen MR) is 105 cm³/mol. The average molecular weight is 408 g/mol. The number of hydrogen-bond donors (Lipinski definition) is 0. The van der Waals surface area contributed by atoms with Crippen LogP contribution < -0.4 is 4.74 Å². The van der Waals surface area contributed by atoms with E-state index in [4.69, 9.17) is 21.2 Å². The summed E-state index contributed by atoms with van der Waals surface area (Å²) >= 11 is 6.24. The molecule has 144 valence electrons. The van der Waals surface area contributed by atoms with Gasteiger partial charge in [-0.15, -0.1) is 0 Å². The molecule has 1 aliphatic rings. The summed E-state index contributed by atoms with van der Waals surface area (Å²) in [5, 5.41) is 0.760. The maximum atomic E-state index is 12.2. The molecule has 1 aliphatic heterocycles. The minimum atomic E-state index is -0.900. The highest BCUT2D eigenvalue weighted by Gasteiger charge is 2.38. The van der Waals surface area contributed by atoms with Crippen molar-refractivity contribution in [1.29, 1.82) is 0 Å². The molecule has 0 radical (unpaired) electrons. The number of imide groups is 1. The molecule has 2 amide bonds. The van der Waals surface area contributed by atoms with Crippen LogP contribution in [0.15, 0.2) is 72.8 Å². The number of benzene rings is 3. The van der Waals surface area contributed by atoms with E-state index in [0.717, 1.165) is 11.1 Å². The zero-order chi connectivity index (χ0) is 20.4. The van der Waals surface area contributed by atoms with Crippen molar-refractivity contribution >= 4 is 29.4 Å². The summed E-state index contributed by atoms with van der Waals surface area (Å²) in [4.78, 5) is 41.4. The van der Waals surface area contributed by atoms with Crippen molar-refractivity contribution in [3.8, 4) is 16.9 Å². The molecule has 0 aromatic heterocycles. The lowest BCUT2D eigenvalue weighted by Crippen LogP contribution is -2.34. The Balaban J connectivity index is 1.39. The van der Waals surface area contributed by atoms with E-state index in [2.05, 4.69) is 0 Å². The topological polar surface area (TPSA) is 72.9 Å². The van der Waals surface area contributed by atoms with Gasteiger partial charge in [-0.05, 0) is 35.4 Å². The van der Waals surface area contributed by atoms with Crippen LogP contribution in [0, 0.1) is 0 Å². The van der Waals surface area contributed by atoms with Gasteiger partial charge in [0, 0.05) is 0 Å². The van der Waals surface area contributed by atoms with Crippen molar-refractivity contribution in [3.05, 3.63) is 88.9 Å². The average Bonchev–Trinajstić information content (AvgIpc) is 2.98. The van der Waals surface area contributed by atoms with Gasteiger partial charge in [-0.2, -0.15) is 0 Å². The molecule has 3 aromatic carbocycles. The number of carbonyl (C=O) groups is 3. The molecule has 4 rings (SSSR count). The number of fused-ring (bicyclic) bond motifs is 1. The molecule has 0 spiro atoms. The van der Waals surface area contributed by atoms with Gasteiger partial charge in [0.25, 0.3) is 11.8 Å². The van der Waals surface area contributed by atoms with E-state index in [1.807, 2.05) is 36.4 Å². The highest BCUT2D eigenvalue weighted by molar-refractivity contribution is 6.32. The first-order valence-electron chi connectivity index (χ1n) is 8.71. The van der Waals surface area contributed by atoms with Gasteiger partial charge in [-0.1, -0.05) is 65.2 Å². The van der Waals surface area contributed by atoms with Gasteiger partial charge in [0.15, 0.2) is 6.61 Å². The van der Waals surface area contributed by atoms with Crippen molar-refractivity contribution in [2.75, 3.05) is 6.61 Å². The van der Waals surface area contributed by atoms with Crippen molar-refractivity contribution < 1.29 is 24.0 Å². The number of halogens is 1. The number of hydrogen-bond acceptors (Lipinski definition) is 5. The summed E-state index contributed by atoms with van der Waals surface area (Å²) in [6.07, 6.45) is 0. The third kappa shape index (κ3) is 3.70. The van der Waals surface area contributed by atoms with Gasteiger partial charge < -0.3 is 9.57 Å². The van der Waals surface area contributed by atoms with Gasteiger partial charge in [-0.3, -0.25) is 9.59 Å². The molecule has 0 aliphatic carbocycles. The summed E-state index contributed by atoms with van der Waals surface area (Å²) in [6.45, 7) is -0.516. The third-order valence-electron chi connectivity index (χ3n) is 4.33. The van der Waals surface area contributed by atoms with Gasteiger partial charge in [-0.25, -0.2) is 4.79 Å². The van der Waals surface area contributed by atoms with Crippen LogP contribution in [-0.4, -0.2) is 29.5 Å². The minimum absolute atomic E-state index is 0.186. The van der Waals surface area contributed by atoms with Gasteiger partial charge in [0.1, 0.15) is 5.75 Å². The SMILES string of the molecule is O=C(COc1ccc(-c2ccccc2)cc1Cl)ON1C(=O)c2ccccc2C1=O. The van der Waals surface area contributed by atoms with E-state index in [1.54, 1.807) is 24.3 Å². The van der Waals surface area contributed by atoms with Crippen molar-refractivity contribution in [3.63, 3.8) is 0 Å². The standard InChI is InChI=1S/C22H14ClNO5/c23-18-12-15(14-6-2-1-3-7-14)10-11-19(18)28-13-20(25)29-24-21(26)16-8-4-5-9-17(16)22(24)27/h1-12H,13H2. The number of rotatable bonds is 5. The second-order valence-corrected chi connectivity index (χ2v) is 6.62. The Hall–Kier alpha value is -3.64. The maximum absolute atomic E-state index is 12.2. The summed E-state index contributed by atoms with van der Waals surface area (Å²) in [5.74, 6) is -2.00. The van der Waals surface area contributed by atoms with E-state index in [0.29, 0.717) is 10.1 Å². The molecule has 7 heteroatoms. The van der Waals surface area contributed by atoms with Crippen LogP contribution in [0.3, 0.4) is 0 Å². The lowest BCUT2D eigenvalue weighted by atomic mass is 10.1. The quantitative estimate of drug-likeness (QED) is 0.594. The molecule has 0 bridgehead atoms. The van der Waals surface area contributed by atoms with Gasteiger partial charge in [0.2, 0.25) is 0 Å². The van der Waals surface area contributed by atoms with E-state index in [9.17, 15) is 14.4 Å². The van der Waals surface area contributed by atoms with E-state index < -0.39 is 24.4 Å². The Morgan fingerprint density at radius 1 is 0.828 bits per heavy atom. The molecule has 0 saturated carbocycles. The summed E-state index contributed by atoms with van der Waals surface area (Å²) < 4.78 is 5.39. The molecule has 0 saturated heterocycles. The molecule has 6 nitrogen and oxygen atoms in total. The minimum Gasteiger partial charge on any atom is -0.480 e. The highest BCUT2D eigenvalue weighted by Crippen LogP contribution is 2.30. The van der Waals surface area contributed by atoms with E-state index in [1.165, 1.54) is 12.1 Å². The maximum Gasteiger partial charge on any atom is 0.370 e. The smallest absolute Gasteiger partial charge is 0.370 e. The number of hydroxylamine groups is 2. The van der Waals surface area contributed by atoms with Crippen LogP contribution in [0.25, 0.3) is 11.1 Å². The predicted octanol–water partition coefficient (Wildman–Crippen LogP) is 4.14. The van der Waals surface area contributed by atoms with Crippen LogP contribution >= 0.6 is 11.6 Å². The summed E-state index contributed by atoms with van der Waals surface area (Å²) in [7, 11) is 0. The zero-order valence-electron chi connectivity index (χ0n) is 15.0.